The molecule has 4 rings (SSSR count). The highest BCUT2D eigenvalue weighted by molar-refractivity contribution is 6.31. The molecule has 0 spiro atoms. The average molecular weight is 364 g/mol. The second-order valence-corrected chi connectivity index (χ2v) is 6.04. The van der Waals surface area contributed by atoms with Crippen LogP contribution >= 0.6 is 11.6 Å². The molecule has 0 unspecified atom stereocenters. The topological polar surface area (TPSA) is 78.1 Å². The predicted molar refractivity (Wildman–Crippen MR) is 101 cm³/mol. The summed E-state index contributed by atoms with van der Waals surface area (Å²) in [5, 5.41) is 16.3. The van der Waals surface area contributed by atoms with Crippen LogP contribution in [0.25, 0.3) is 16.9 Å². The summed E-state index contributed by atoms with van der Waals surface area (Å²) >= 11 is 6.15. The van der Waals surface area contributed by atoms with Crippen LogP contribution in [-0.2, 0) is 0 Å². The van der Waals surface area contributed by atoms with Crippen LogP contribution in [0.4, 0.5) is 11.5 Å². The number of methoxy groups -OCH3 is 1. The number of benzene rings is 2. The van der Waals surface area contributed by atoms with E-state index in [9.17, 15) is 5.26 Å². The molecule has 0 atom stereocenters. The maximum atomic E-state index is 9.32. The van der Waals surface area contributed by atoms with Gasteiger partial charge in [-0.2, -0.15) is 5.26 Å². The SMILES string of the molecule is COc1ccc(Cl)cc1Nc1c(-c2ccccc2)nc2c(C#N)c[nH]n12. The van der Waals surface area contributed by atoms with E-state index < -0.39 is 0 Å². The number of aromatic amines is 1. The fraction of sp³-hybridized carbons (Fsp3) is 0.0526. The fourth-order valence-corrected chi connectivity index (χ4v) is 2.99. The average Bonchev–Trinajstić information content (AvgIpc) is 3.22. The van der Waals surface area contributed by atoms with E-state index in [1.807, 2.05) is 30.3 Å². The highest BCUT2D eigenvalue weighted by Gasteiger charge is 2.19. The molecule has 2 N–H and O–H groups in total. The van der Waals surface area contributed by atoms with Crippen molar-refractivity contribution >= 4 is 28.8 Å². The first-order valence-corrected chi connectivity index (χ1v) is 8.25. The van der Waals surface area contributed by atoms with Gasteiger partial charge in [0.1, 0.15) is 23.1 Å². The highest BCUT2D eigenvalue weighted by atomic mass is 35.5. The van der Waals surface area contributed by atoms with Gasteiger partial charge in [0, 0.05) is 16.8 Å². The smallest absolute Gasteiger partial charge is 0.173 e. The Labute approximate surface area is 154 Å². The Kier molecular flexibility index (Phi) is 3.99. The van der Waals surface area contributed by atoms with Crippen molar-refractivity contribution in [3.63, 3.8) is 0 Å². The Morgan fingerprint density at radius 1 is 1.23 bits per heavy atom. The van der Waals surface area contributed by atoms with E-state index in [1.165, 1.54) is 0 Å². The van der Waals surface area contributed by atoms with E-state index in [-0.39, 0.29) is 0 Å². The first kappa shape index (κ1) is 16.1. The standard InChI is InChI=1S/C19H14ClN5O/c1-26-16-8-7-14(20)9-15(16)23-19-17(12-5-3-2-4-6-12)24-18-13(10-21)11-22-25(18)19/h2-9,11,22-23H,1H3. The summed E-state index contributed by atoms with van der Waals surface area (Å²) in [6, 6.07) is 17.2. The maximum absolute atomic E-state index is 9.32. The van der Waals surface area contributed by atoms with E-state index in [0.29, 0.717) is 33.5 Å². The number of aromatic nitrogens is 3. The first-order chi connectivity index (χ1) is 12.7. The van der Waals surface area contributed by atoms with Crippen molar-refractivity contribution in [1.29, 1.82) is 5.26 Å². The molecule has 2 aromatic heterocycles. The summed E-state index contributed by atoms with van der Waals surface area (Å²) in [5.74, 6) is 1.34. The lowest BCUT2D eigenvalue weighted by Gasteiger charge is -2.12. The number of fused-ring (bicyclic) bond motifs is 1. The number of hydrogen-bond donors (Lipinski definition) is 2. The molecule has 26 heavy (non-hydrogen) atoms. The number of nitriles is 1. The van der Waals surface area contributed by atoms with Crippen molar-refractivity contribution in [2.75, 3.05) is 12.4 Å². The number of anilines is 2. The quantitative estimate of drug-likeness (QED) is 0.555. The van der Waals surface area contributed by atoms with Crippen LogP contribution in [0.5, 0.6) is 5.75 Å². The molecule has 0 saturated heterocycles. The molecule has 0 fully saturated rings. The van der Waals surface area contributed by atoms with Crippen LogP contribution in [0.3, 0.4) is 0 Å². The van der Waals surface area contributed by atoms with Crippen LogP contribution < -0.4 is 10.1 Å². The second kappa shape index (κ2) is 6.47. The van der Waals surface area contributed by atoms with Crippen LogP contribution in [0.2, 0.25) is 5.02 Å². The van der Waals surface area contributed by atoms with Gasteiger partial charge < -0.3 is 10.1 Å². The van der Waals surface area contributed by atoms with Gasteiger partial charge in [-0.3, -0.25) is 5.10 Å². The third-order valence-corrected chi connectivity index (χ3v) is 4.27. The largest absolute Gasteiger partial charge is 0.495 e. The monoisotopic (exact) mass is 363 g/mol. The molecule has 0 amide bonds. The molecule has 0 aliphatic rings. The van der Waals surface area contributed by atoms with Crippen molar-refractivity contribution in [3.05, 3.63) is 65.3 Å². The molecule has 2 heterocycles. The maximum Gasteiger partial charge on any atom is 0.173 e. The van der Waals surface area contributed by atoms with Crippen LogP contribution in [0.1, 0.15) is 5.56 Å². The summed E-state index contributed by atoms with van der Waals surface area (Å²) < 4.78 is 7.16. The number of imidazole rings is 1. The van der Waals surface area contributed by atoms with Gasteiger partial charge in [0.05, 0.1) is 12.8 Å². The summed E-state index contributed by atoms with van der Waals surface area (Å²) in [6.07, 6.45) is 1.62. The number of nitrogens with zero attached hydrogens (tertiary/aromatic N) is 3. The van der Waals surface area contributed by atoms with Crippen LogP contribution in [-0.4, -0.2) is 21.7 Å². The molecule has 128 valence electrons. The van der Waals surface area contributed by atoms with E-state index in [4.69, 9.17) is 16.3 Å². The third kappa shape index (κ3) is 2.65. The normalized spacial score (nSPS) is 10.7. The third-order valence-electron chi connectivity index (χ3n) is 4.04. The van der Waals surface area contributed by atoms with E-state index in [0.717, 1.165) is 11.3 Å². The summed E-state index contributed by atoms with van der Waals surface area (Å²) in [5.41, 5.74) is 3.36. The van der Waals surface area contributed by atoms with E-state index in [1.54, 1.807) is 36.0 Å². The number of rotatable bonds is 4. The molecule has 2 aromatic carbocycles. The van der Waals surface area contributed by atoms with Gasteiger partial charge in [0.2, 0.25) is 0 Å². The molecule has 0 saturated carbocycles. The fourth-order valence-electron chi connectivity index (χ4n) is 2.82. The van der Waals surface area contributed by atoms with Crippen molar-refractivity contribution in [3.8, 4) is 23.1 Å². The summed E-state index contributed by atoms with van der Waals surface area (Å²) in [4.78, 5) is 4.66. The molecule has 7 heteroatoms. The van der Waals surface area contributed by atoms with Crippen molar-refractivity contribution in [2.24, 2.45) is 0 Å². The van der Waals surface area contributed by atoms with E-state index >= 15 is 0 Å². The molecule has 0 bridgehead atoms. The minimum Gasteiger partial charge on any atom is -0.495 e. The highest BCUT2D eigenvalue weighted by Crippen LogP contribution is 2.35. The Hall–Kier alpha value is -3.43. The number of nitrogens with one attached hydrogen (secondary N) is 2. The lowest BCUT2D eigenvalue weighted by molar-refractivity contribution is 0.417. The predicted octanol–water partition coefficient (Wildman–Crippen LogP) is 4.61. The van der Waals surface area contributed by atoms with Gasteiger partial charge in [-0.15, -0.1) is 0 Å². The number of H-pyrrole nitrogens is 1. The van der Waals surface area contributed by atoms with Crippen LogP contribution in [0, 0.1) is 11.3 Å². The molecule has 0 radical (unpaired) electrons. The van der Waals surface area contributed by atoms with Gasteiger partial charge in [-0.25, -0.2) is 9.50 Å². The first-order valence-electron chi connectivity index (χ1n) is 7.87. The zero-order valence-corrected chi connectivity index (χ0v) is 14.6. The van der Waals surface area contributed by atoms with Gasteiger partial charge in [0.15, 0.2) is 11.5 Å². The van der Waals surface area contributed by atoms with Gasteiger partial charge in [-0.05, 0) is 18.2 Å². The number of hydrogen-bond acceptors (Lipinski definition) is 4. The Bertz CT molecular complexity index is 1120. The summed E-state index contributed by atoms with van der Waals surface area (Å²) in [6.45, 7) is 0. The zero-order chi connectivity index (χ0) is 18.1. The Morgan fingerprint density at radius 2 is 2.04 bits per heavy atom. The molecule has 6 nitrogen and oxygen atoms in total. The molecular formula is C19H14ClN5O. The lowest BCUT2D eigenvalue weighted by Crippen LogP contribution is -2.00. The summed E-state index contributed by atoms with van der Waals surface area (Å²) in [7, 11) is 1.60. The molecule has 0 aliphatic heterocycles. The minimum absolute atomic E-state index is 0.466. The van der Waals surface area contributed by atoms with Gasteiger partial charge in [0.25, 0.3) is 0 Å². The minimum atomic E-state index is 0.466. The van der Waals surface area contributed by atoms with Crippen molar-refractivity contribution in [2.45, 2.75) is 0 Å². The zero-order valence-electron chi connectivity index (χ0n) is 13.8. The number of ether oxygens (including phenoxy) is 1. The van der Waals surface area contributed by atoms with Gasteiger partial charge >= 0.3 is 0 Å². The number of halogens is 1. The Morgan fingerprint density at radius 3 is 2.77 bits per heavy atom. The van der Waals surface area contributed by atoms with E-state index in [2.05, 4.69) is 21.5 Å². The molecule has 0 aliphatic carbocycles. The van der Waals surface area contributed by atoms with Crippen molar-refractivity contribution in [1.82, 2.24) is 14.6 Å². The van der Waals surface area contributed by atoms with Crippen molar-refractivity contribution < 1.29 is 4.74 Å². The second-order valence-electron chi connectivity index (χ2n) is 5.60. The lowest BCUT2D eigenvalue weighted by atomic mass is 10.1. The Balaban J connectivity index is 1.92. The van der Waals surface area contributed by atoms with Gasteiger partial charge in [-0.1, -0.05) is 41.9 Å². The van der Waals surface area contributed by atoms with Crippen LogP contribution in [0.15, 0.2) is 54.7 Å². The molecular weight excluding hydrogens is 350 g/mol. The molecule has 4 aromatic rings.